The lowest BCUT2D eigenvalue weighted by atomic mass is 10.0. The van der Waals surface area contributed by atoms with Crippen molar-refractivity contribution >= 4 is 11.8 Å². The summed E-state index contributed by atoms with van der Waals surface area (Å²) >= 11 is 0. The number of pyridine rings is 1. The van der Waals surface area contributed by atoms with Crippen LogP contribution in [-0.4, -0.2) is 47.4 Å². The average molecular weight is 330 g/mol. The van der Waals surface area contributed by atoms with E-state index in [1.54, 1.807) is 19.3 Å². The summed E-state index contributed by atoms with van der Waals surface area (Å²) in [6.45, 7) is 3.91. The van der Waals surface area contributed by atoms with Gasteiger partial charge in [0.2, 0.25) is 11.8 Å². The van der Waals surface area contributed by atoms with Crippen molar-refractivity contribution < 1.29 is 9.59 Å². The quantitative estimate of drug-likeness (QED) is 0.871. The summed E-state index contributed by atoms with van der Waals surface area (Å²) < 4.78 is 0. The molecule has 2 unspecified atom stereocenters. The maximum Gasteiger partial charge on any atom is 0.245 e. The molecule has 2 fully saturated rings. The highest BCUT2D eigenvalue weighted by Gasteiger charge is 2.32. The fourth-order valence-corrected chi connectivity index (χ4v) is 3.67. The van der Waals surface area contributed by atoms with Crippen LogP contribution in [0.5, 0.6) is 0 Å². The van der Waals surface area contributed by atoms with Crippen LogP contribution in [0.25, 0.3) is 0 Å². The van der Waals surface area contributed by atoms with Crippen molar-refractivity contribution in [3.05, 3.63) is 30.1 Å². The number of carbonyl (C=O) groups is 2. The molecule has 0 bridgehead atoms. The average Bonchev–Trinajstić information content (AvgIpc) is 3.16. The first-order valence-electron chi connectivity index (χ1n) is 8.88. The molecular weight excluding hydrogens is 304 g/mol. The first-order valence-corrected chi connectivity index (χ1v) is 8.88. The summed E-state index contributed by atoms with van der Waals surface area (Å²) in [6.07, 6.45) is 7.65. The van der Waals surface area contributed by atoms with Gasteiger partial charge >= 0.3 is 0 Å². The highest BCUT2D eigenvalue weighted by Crippen LogP contribution is 2.25. The molecule has 0 spiro atoms. The summed E-state index contributed by atoms with van der Waals surface area (Å²) in [5, 5.41) is 6.26. The highest BCUT2D eigenvalue weighted by molar-refractivity contribution is 5.88. The van der Waals surface area contributed by atoms with Gasteiger partial charge in [0.15, 0.2) is 0 Å². The van der Waals surface area contributed by atoms with Gasteiger partial charge in [-0.1, -0.05) is 18.9 Å². The van der Waals surface area contributed by atoms with Crippen LogP contribution in [0.2, 0.25) is 0 Å². The maximum absolute atomic E-state index is 12.9. The number of hydrogen-bond donors (Lipinski definition) is 2. The number of aromatic nitrogens is 1. The molecule has 130 valence electrons. The van der Waals surface area contributed by atoms with E-state index in [4.69, 9.17) is 0 Å². The van der Waals surface area contributed by atoms with E-state index in [9.17, 15) is 9.59 Å². The third-order valence-corrected chi connectivity index (χ3v) is 5.05. The molecule has 0 radical (unpaired) electrons. The van der Waals surface area contributed by atoms with Crippen molar-refractivity contribution in [1.82, 2.24) is 20.5 Å². The number of piperazine rings is 1. The zero-order chi connectivity index (χ0) is 16.9. The summed E-state index contributed by atoms with van der Waals surface area (Å²) in [5.74, 6) is 0.0931. The fraction of sp³-hybridized carbons (Fsp3) is 0.611. The van der Waals surface area contributed by atoms with Gasteiger partial charge in [-0.2, -0.15) is 0 Å². The number of hydrogen-bond acceptors (Lipinski definition) is 4. The largest absolute Gasteiger partial charge is 0.344 e. The number of nitrogens with zero attached hydrogens (tertiary/aromatic N) is 2. The monoisotopic (exact) mass is 330 g/mol. The Morgan fingerprint density at radius 1 is 1.38 bits per heavy atom. The Morgan fingerprint density at radius 3 is 2.88 bits per heavy atom. The van der Waals surface area contributed by atoms with Crippen LogP contribution in [0.1, 0.15) is 44.2 Å². The molecule has 2 aliphatic rings. The predicted molar refractivity (Wildman–Crippen MR) is 91.1 cm³/mol. The van der Waals surface area contributed by atoms with Crippen molar-refractivity contribution in [2.75, 3.05) is 19.6 Å². The van der Waals surface area contributed by atoms with Crippen molar-refractivity contribution in [3.8, 4) is 0 Å². The SMILES string of the molecule is CC(NC(=O)C1CCCC1)C(=O)N1CCNCC1c1cccnc1. The lowest BCUT2D eigenvalue weighted by molar-refractivity contribution is -0.139. The fourth-order valence-electron chi connectivity index (χ4n) is 3.67. The van der Waals surface area contributed by atoms with Gasteiger partial charge in [-0.05, 0) is 31.4 Å². The van der Waals surface area contributed by atoms with E-state index in [-0.39, 0.29) is 23.8 Å². The van der Waals surface area contributed by atoms with E-state index in [2.05, 4.69) is 15.6 Å². The minimum Gasteiger partial charge on any atom is -0.344 e. The second kappa shape index (κ2) is 7.75. The van der Waals surface area contributed by atoms with Gasteiger partial charge in [-0.15, -0.1) is 0 Å². The van der Waals surface area contributed by atoms with Gasteiger partial charge in [0, 0.05) is 37.9 Å². The second-order valence-corrected chi connectivity index (χ2v) is 6.75. The number of amides is 2. The first kappa shape index (κ1) is 16.9. The molecule has 1 saturated heterocycles. The molecule has 24 heavy (non-hydrogen) atoms. The molecule has 1 aliphatic heterocycles. The zero-order valence-electron chi connectivity index (χ0n) is 14.2. The van der Waals surface area contributed by atoms with Crippen molar-refractivity contribution in [1.29, 1.82) is 0 Å². The van der Waals surface area contributed by atoms with E-state index in [0.29, 0.717) is 13.1 Å². The summed E-state index contributed by atoms with van der Waals surface area (Å²) in [5.41, 5.74) is 1.02. The van der Waals surface area contributed by atoms with Crippen LogP contribution in [0, 0.1) is 5.92 Å². The normalized spacial score (nSPS) is 23.0. The molecule has 1 aromatic rings. The molecule has 2 amide bonds. The highest BCUT2D eigenvalue weighted by atomic mass is 16.2. The van der Waals surface area contributed by atoms with Crippen molar-refractivity contribution in [2.24, 2.45) is 5.92 Å². The van der Waals surface area contributed by atoms with Gasteiger partial charge in [-0.25, -0.2) is 0 Å². The van der Waals surface area contributed by atoms with Crippen LogP contribution in [-0.2, 0) is 9.59 Å². The Hall–Kier alpha value is -1.95. The molecule has 3 rings (SSSR count). The number of rotatable bonds is 4. The minimum atomic E-state index is -0.490. The van der Waals surface area contributed by atoms with Crippen molar-refractivity contribution in [3.63, 3.8) is 0 Å². The van der Waals surface area contributed by atoms with Gasteiger partial charge in [0.05, 0.1) is 6.04 Å². The lowest BCUT2D eigenvalue weighted by Crippen LogP contribution is -2.55. The van der Waals surface area contributed by atoms with Crippen LogP contribution in [0.15, 0.2) is 24.5 Å². The Labute approximate surface area is 143 Å². The molecular formula is C18H26N4O2. The molecule has 1 aromatic heterocycles. The molecule has 1 aliphatic carbocycles. The van der Waals surface area contributed by atoms with E-state index in [1.807, 2.05) is 17.0 Å². The summed E-state index contributed by atoms with van der Waals surface area (Å²) in [4.78, 5) is 31.2. The minimum absolute atomic E-state index is 0.0169. The van der Waals surface area contributed by atoms with Crippen LogP contribution in [0.4, 0.5) is 0 Å². The number of carbonyl (C=O) groups excluding carboxylic acids is 2. The standard InChI is InChI=1S/C18H26N4O2/c1-13(21-17(23)14-5-2-3-6-14)18(24)22-10-9-20-12-16(22)15-7-4-8-19-11-15/h4,7-8,11,13-14,16,20H,2-3,5-6,9-10,12H2,1H3,(H,21,23). The van der Waals surface area contributed by atoms with Gasteiger partial charge < -0.3 is 15.5 Å². The van der Waals surface area contributed by atoms with Crippen LogP contribution in [0.3, 0.4) is 0 Å². The maximum atomic E-state index is 12.9. The molecule has 2 heterocycles. The molecule has 1 saturated carbocycles. The smallest absolute Gasteiger partial charge is 0.245 e. The number of nitrogens with one attached hydrogen (secondary N) is 2. The molecule has 0 aromatic carbocycles. The third kappa shape index (κ3) is 3.75. The zero-order valence-corrected chi connectivity index (χ0v) is 14.2. The van der Waals surface area contributed by atoms with E-state index >= 15 is 0 Å². The summed E-state index contributed by atoms with van der Waals surface area (Å²) in [7, 11) is 0. The Kier molecular flexibility index (Phi) is 5.45. The molecule has 2 atom stereocenters. The van der Waals surface area contributed by atoms with Gasteiger partial charge in [0.25, 0.3) is 0 Å². The van der Waals surface area contributed by atoms with Gasteiger partial charge in [0.1, 0.15) is 6.04 Å². The topological polar surface area (TPSA) is 74.3 Å². The second-order valence-electron chi connectivity index (χ2n) is 6.75. The summed E-state index contributed by atoms with van der Waals surface area (Å²) in [6, 6.07) is 3.35. The first-order chi connectivity index (χ1) is 11.7. The third-order valence-electron chi connectivity index (χ3n) is 5.05. The van der Waals surface area contributed by atoms with E-state index in [0.717, 1.165) is 37.8 Å². The molecule has 6 heteroatoms. The molecule has 6 nitrogen and oxygen atoms in total. The Morgan fingerprint density at radius 2 is 2.17 bits per heavy atom. The predicted octanol–water partition coefficient (Wildman–Crippen LogP) is 1.25. The molecule has 2 N–H and O–H groups in total. The van der Waals surface area contributed by atoms with Crippen LogP contribution >= 0.6 is 0 Å². The van der Waals surface area contributed by atoms with Crippen molar-refractivity contribution in [2.45, 2.75) is 44.7 Å². The van der Waals surface area contributed by atoms with E-state index in [1.165, 1.54) is 0 Å². The van der Waals surface area contributed by atoms with E-state index < -0.39 is 6.04 Å². The Bertz CT molecular complexity index is 572. The lowest BCUT2D eigenvalue weighted by Gasteiger charge is -2.38. The Balaban J connectivity index is 1.66. The van der Waals surface area contributed by atoms with Gasteiger partial charge in [-0.3, -0.25) is 14.6 Å². The van der Waals surface area contributed by atoms with Crippen LogP contribution < -0.4 is 10.6 Å².